The molecule has 1 heterocycles. The minimum absolute atomic E-state index is 0.112. The van der Waals surface area contributed by atoms with E-state index >= 15 is 0 Å². The summed E-state index contributed by atoms with van der Waals surface area (Å²) in [4.78, 5) is 6.59. The van der Waals surface area contributed by atoms with Gasteiger partial charge in [0.05, 0.1) is 5.60 Å². The molecular weight excluding hydrogens is 262 g/mol. The van der Waals surface area contributed by atoms with Gasteiger partial charge in [-0.25, -0.2) is 4.98 Å². The second-order valence-electron chi connectivity index (χ2n) is 7.42. The fourth-order valence-electron chi connectivity index (χ4n) is 2.83. The molecule has 1 aliphatic rings. The molecule has 1 aromatic rings. The van der Waals surface area contributed by atoms with Gasteiger partial charge in [-0.1, -0.05) is 18.9 Å². The molecule has 0 spiro atoms. The van der Waals surface area contributed by atoms with E-state index in [-0.39, 0.29) is 5.54 Å². The predicted octanol–water partition coefficient (Wildman–Crippen LogP) is 2.71. The van der Waals surface area contributed by atoms with Crippen LogP contribution in [-0.2, 0) is 6.54 Å². The Morgan fingerprint density at radius 1 is 1.29 bits per heavy atom. The maximum absolute atomic E-state index is 10.5. The molecule has 0 saturated heterocycles. The zero-order valence-corrected chi connectivity index (χ0v) is 13.8. The Hall–Kier alpha value is -1.13. The summed E-state index contributed by atoms with van der Waals surface area (Å²) in [5, 5.41) is 13.9. The molecule has 21 heavy (non-hydrogen) atoms. The second kappa shape index (κ2) is 6.32. The number of aliphatic hydroxyl groups is 1. The molecular formula is C17H29N3O. The molecule has 4 nitrogen and oxygen atoms in total. The first-order valence-electron chi connectivity index (χ1n) is 7.91. The average Bonchev–Trinajstić information content (AvgIpc) is 2.82. The van der Waals surface area contributed by atoms with E-state index in [2.05, 4.69) is 42.0 Å². The van der Waals surface area contributed by atoms with Crippen LogP contribution in [-0.4, -0.2) is 34.8 Å². The number of rotatable bonds is 5. The van der Waals surface area contributed by atoms with Gasteiger partial charge in [-0.2, -0.15) is 0 Å². The number of aromatic nitrogens is 1. The van der Waals surface area contributed by atoms with E-state index < -0.39 is 5.60 Å². The van der Waals surface area contributed by atoms with Gasteiger partial charge in [0.15, 0.2) is 0 Å². The molecule has 0 aliphatic heterocycles. The zero-order valence-electron chi connectivity index (χ0n) is 13.8. The number of nitrogens with zero attached hydrogens (tertiary/aromatic N) is 2. The van der Waals surface area contributed by atoms with Crippen molar-refractivity contribution in [1.29, 1.82) is 0 Å². The van der Waals surface area contributed by atoms with E-state index in [0.717, 1.165) is 38.0 Å². The summed E-state index contributed by atoms with van der Waals surface area (Å²) in [6.07, 6.45) is 6.00. The van der Waals surface area contributed by atoms with Crippen molar-refractivity contribution < 1.29 is 5.11 Å². The molecule has 1 aromatic heterocycles. The highest BCUT2D eigenvalue weighted by atomic mass is 16.3. The molecule has 4 heteroatoms. The Bertz CT molecular complexity index is 444. The van der Waals surface area contributed by atoms with E-state index in [1.807, 2.05) is 19.3 Å². The molecule has 0 aromatic carbocycles. The minimum Gasteiger partial charge on any atom is -0.388 e. The summed E-state index contributed by atoms with van der Waals surface area (Å²) < 4.78 is 0. The summed E-state index contributed by atoms with van der Waals surface area (Å²) >= 11 is 0. The number of anilines is 1. The summed E-state index contributed by atoms with van der Waals surface area (Å²) in [6, 6.07) is 4.15. The van der Waals surface area contributed by atoms with Gasteiger partial charge in [-0.15, -0.1) is 0 Å². The van der Waals surface area contributed by atoms with Gasteiger partial charge in [0, 0.05) is 31.9 Å². The lowest BCUT2D eigenvalue weighted by Crippen LogP contribution is -2.39. The highest BCUT2D eigenvalue weighted by Gasteiger charge is 2.32. The molecule has 2 rings (SSSR count). The van der Waals surface area contributed by atoms with Crippen LogP contribution in [0, 0.1) is 0 Å². The predicted molar refractivity (Wildman–Crippen MR) is 87.5 cm³/mol. The van der Waals surface area contributed by atoms with Crippen LogP contribution in [0.1, 0.15) is 52.0 Å². The lowest BCUT2D eigenvalue weighted by molar-refractivity contribution is 0.0558. The molecule has 1 aliphatic carbocycles. The third-order valence-corrected chi connectivity index (χ3v) is 4.09. The molecule has 118 valence electrons. The van der Waals surface area contributed by atoms with Gasteiger partial charge in [-0.05, 0) is 45.2 Å². The van der Waals surface area contributed by atoms with E-state index in [1.165, 1.54) is 5.56 Å². The zero-order chi connectivity index (χ0) is 15.5. The maximum Gasteiger partial charge on any atom is 0.128 e. The van der Waals surface area contributed by atoms with Gasteiger partial charge >= 0.3 is 0 Å². The smallest absolute Gasteiger partial charge is 0.128 e. The molecule has 0 amide bonds. The van der Waals surface area contributed by atoms with Crippen LogP contribution >= 0.6 is 0 Å². The maximum atomic E-state index is 10.5. The van der Waals surface area contributed by atoms with Crippen LogP contribution in [0.25, 0.3) is 0 Å². The first kappa shape index (κ1) is 16.2. The lowest BCUT2D eigenvalue weighted by Gasteiger charge is -2.29. The van der Waals surface area contributed by atoms with Crippen LogP contribution in [0.15, 0.2) is 18.3 Å². The Morgan fingerprint density at radius 3 is 2.48 bits per heavy atom. The lowest BCUT2D eigenvalue weighted by atomic mass is 10.0. The highest BCUT2D eigenvalue weighted by Crippen LogP contribution is 2.30. The fraction of sp³-hybridized carbons (Fsp3) is 0.706. The van der Waals surface area contributed by atoms with Crippen molar-refractivity contribution >= 4 is 5.82 Å². The molecule has 0 atom stereocenters. The van der Waals surface area contributed by atoms with Gasteiger partial charge in [0.2, 0.25) is 0 Å². The summed E-state index contributed by atoms with van der Waals surface area (Å²) in [5.41, 5.74) is 0.769. The molecule has 0 bridgehead atoms. The third kappa shape index (κ3) is 4.97. The normalized spacial score (nSPS) is 18.0. The van der Waals surface area contributed by atoms with Crippen LogP contribution in [0.5, 0.6) is 0 Å². The van der Waals surface area contributed by atoms with Crippen molar-refractivity contribution in [3.63, 3.8) is 0 Å². The van der Waals surface area contributed by atoms with Crippen LogP contribution in [0.3, 0.4) is 0 Å². The fourth-order valence-corrected chi connectivity index (χ4v) is 2.83. The van der Waals surface area contributed by atoms with Crippen molar-refractivity contribution in [3.8, 4) is 0 Å². The van der Waals surface area contributed by atoms with Gasteiger partial charge in [-0.3, -0.25) is 0 Å². The van der Waals surface area contributed by atoms with Crippen LogP contribution < -0.4 is 10.2 Å². The summed E-state index contributed by atoms with van der Waals surface area (Å²) in [6.45, 7) is 7.96. The third-order valence-electron chi connectivity index (χ3n) is 4.09. The van der Waals surface area contributed by atoms with Crippen molar-refractivity contribution in [2.75, 3.05) is 18.5 Å². The number of hydrogen-bond acceptors (Lipinski definition) is 4. The molecule has 2 N–H and O–H groups in total. The topological polar surface area (TPSA) is 48.4 Å². The SMILES string of the molecule is CN(CC1(O)CCCC1)c1ccc(CNC(C)(C)C)cn1. The first-order chi connectivity index (χ1) is 9.77. The number of likely N-dealkylation sites (N-methyl/N-ethyl adjacent to an activating group) is 1. The van der Waals surface area contributed by atoms with Crippen molar-refractivity contribution in [2.45, 2.75) is 64.1 Å². The van der Waals surface area contributed by atoms with Gasteiger partial charge < -0.3 is 15.3 Å². The first-order valence-corrected chi connectivity index (χ1v) is 7.91. The molecule has 1 fully saturated rings. The van der Waals surface area contributed by atoms with Crippen molar-refractivity contribution in [1.82, 2.24) is 10.3 Å². The Kier molecular flexibility index (Phi) is 4.89. The quantitative estimate of drug-likeness (QED) is 0.876. The van der Waals surface area contributed by atoms with E-state index in [1.54, 1.807) is 0 Å². The van der Waals surface area contributed by atoms with Crippen molar-refractivity contribution in [2.24, 2.45) is 0 Å². The van der Waals surface area contributed by atoms with E-state index in [0.29, 0.717) is 6.54 Å². The molecule has 0 radical (unpaired) electrons. The summed E-state index contributed by atoms with van der Waals surface area (Å²) in [7, 11) is 2.01. The Balaban J connectivity index is 1.92. The standard InChI is InChI=1S/C17H29N3O/c1-16(2,3)19-12-14-7-8-15(18-11-14)20(4)13-17(21)9-5-6-10-17/h7-8,11,19,21H,5-6,9-10,12-13H2,1-4H3. The minimum atomic E-state index is -0.525. The summed E-state index contributed by atoms with van der Waals surface area (Å²) in [5.74, 6) is 0.926. The highest BCUT2D eigenvalue weighted by molar-refractivity contribution is 5.39. The van der Waals surface area contributed by atoms with E-state index in [9.17, 15) is 5.11 Å². The number of nitrogens with one attached hydrogen (secondary N) is 1. The average molecular weight is 291 g/mol. The van der Waals surface area contributed by atoms with E-state index in [4.69, 9.17) is 0 Å². The van der Waals surface area contributed by atoms with Crippen LogP contribution in [0.4, 0.5) is 5.82 Å². The van der Waals surface area contributed by atoms with Gasteiger partial charge in [0.1, 0.15) is 5.82 Å². The second-order valence-corrected chi connectivity index (χ2v) is 7.42. The van der Waals surface area contributed by atoms with Gasteiger partial charge in [0.25, 0.3) is 0 Å². The largest absolute Gasteiger partial charge is 0.388 e. The Morgan fingerprint density at radius 2 is 1.95 bits per heavy atom. The number of hydrogen-bond donors (Lipinski definition) is 2. The number of pyridine rings is 1. The monoisotopic (exact) mass is 291 g/mol. The van der Waals surface area contributed by atoms with Crippen LogP contribution in [0.2, 0.25) is 0 Å². The Labute approximate surface area is 128 Å². The molecule has 0 unspecified atom stereocenters. The molecule has 1 saturated carbocycles. The van der Waals surface area contributed by atoms with Crippen molar-refractivity contribution in [3.05, 3.63) is 23.9 Å².